The number of benzene rings is 1. The summed E-state index contributed by atoms with van der Waals surface area (Å²) in [5.74, 6) is -0.937. The molecule has 0 spiro atoms. The van der Waals surface area contributed by atoms with Gasteiger partial charge in [-0.2, -0.15) is 0 Å². The number of ketones is 1. The fourth-order valence-corrected chi connectivity index (χ4v) is 1.66. The Bertz CT molecular complexity index is 432. The maximum atomic E-state index is 12.0. The summed E-state index contributed by atoms with van der Waals surface area (Å²) in [6.07, 6.45) is -4.79. The van der Waals surface area contributed by atoms with Gasteiger partial charge in [0, 0.05) is 10.0 Å². The molecule has 0 heterocycles. The van der Waals surface area contributed by atoms with Crippen molar-refractivity contribution in [1.82, 2.24) is 0 Å². The first-order valence-corrected chi connectivity index (χ1v) is 5.67. The van der Waals surface area contributed by atoms with Crippen molar-refractivity contribution in [3.63, 3.8) is 0 Å². The molecule has 0 aromatic heterocycles. The van der Waals surface area contributed by atoms with Gasteiger partial charge in [-0.05, 0) is 25.1 Å². The molecule has 1 aromatic rings. The van der Waals surface area contributed by atoms with Gasteiger partial charge in [0.15, 0.2) is 5.78 Å². The lowest BCUT2D eigenvalue weighted by atomic mass is 10.1. The molecule has 1 atom stereocenters. The van der Waals surface area contributed by atoms with Gasteiger partial charge in [-0.3, -0.25) is 4.79 Å². The van der Waals surface area contributed by atoms with Crippen LogP contribution in [0.5, 0.6) is 5.75 Å². The zero-order valence-electron chi connectivity index (χ0n) is 8.52. The fraction of sp³-hybridized carbons (Fsp3) is 0.300. The van der Waals surface area contributed by atoms with Gasteiger partial charge < -0.3 is 4.74 Å². The van der Waals surface area contributed by atoms with Crippen molar-refractivity contribution in [2.24, 2.45) is 0 Å². The average Bonchev–Trinajstić information content (AvgIpc) is 2.17. The minimum Gasteiger partial charge on any atom is -0.406 e. The topological polar surface area (TPSA) is 26.3 Å². The molecular formula is C10H7BrClF3O2. The molecule has 17 heavy (non-hydrogen) atoms. The molecule has 0 radical (unpaired) electrons. The summed E-state index contributed by atoms with van der Waals surface area (Å²) in [5.41, 5.74) is 0.0502. The maximum Gasteiger partial charge on any atom is 0.573 e. The summed E-state index contributed by atoms with van der Waals surface area (Å²) >= 11 is 8.65. The summed E-state index contributed by atoms with van der Waals surface area (Å²) < 4.78 is 40.0. The number of alkyl halides is 4. The van der Waals surface area contributed by atoms with Gasteiger partial charge in [-0.15, -0.1) is 24.8 Å². The first kappa shape index (κ1) is 14.3. The molecule has 0 N–H and O–H groups in total. The molecule has 0 amide bonds. The number of hydrogen-bond donors (Lipinski definition) is 0. The van der Waals surface area contributed by atoms with Gasteiger partial charge in [-0.1, -0.05) is 15.9 Å². The Hall–Kier alpha value is -0.750. The Balaban J connectivity index is 3.07. The van der Waals surface area contributed by atoms with E-state index in [2.05, 4.69) is 20.7 Å². The molecule has 0 aliphatic carbocycles. The van der Waals surface area contributed by atoms with Gasteiger partial charge in [0.05, 0.1) is 5.38 Å². The molecule has 0 saturated heterocycles. The highest BCUT2D eigenvalue weighted by molar-refractivity contribution is 9.10. The van der Waals surface area contributed by atoms with E-state index >= 15 is 0 Å². The molecule has 0 aliphatic heterocycles. The van der Waals surface area contributed by atoms with E-state index in [0.717, 1.165) is 12.1 Å². The largest absolute Gasteiger partial charge is 0.573 e. The predicted octanol–water partition coefficient (Wildman–Crippen LogP) is 4.16. The highest BCUT2D eigenvalue weighted by atomic mass is 79.9. The normalized spacial score (nSPS) is 13.3. The van der Waals surface area contributed by atoms with Crippen LogP contribution in [0.2, 0.25) is 0 Å². The van der Waals surface area contributed by atoms with Gasteiger partial charge in [0.2, 0.25) is 0 Å². The standard InChI is InChI=1S/C10H7BrClF3O2/c1-5(12)9(16)7-4-6(2-3-8(7)11)17-10(13,14)15/h2-5H,1H3. The molecule has 94 valence electrons. The molecule has 1 unspecified atom stereocenters. The number of carbonyl (C=O) groups excluding carboxylic acids is 1. The van der Waals surface area contributed by atoms with Crippen LogP contribution in [0.4, 0.5) is 13.2 Å². The van der Waals surface area contributed by atoms with Gasteiger partial charge in [0.25, 0.3) is 0 Å². The second-order valence-electron chi connectivity index (χ2n) is 3.17. The molecule has 1 rings (SSSR count). The van der Waals surface area contributed by atoms with Gasteiger partial charge >= 0.3 is 6.36 Å². The van der Waals surface area contributed by atoms with Crippen LogP contribution in [0.3, 0.4) is 0 Å². The zero-order valence-corrected chi connectivity index (χ0v) is 10.9. The third-order valence-electron chi connectivity index (χ3n) is 1.80. The second kappa shape index (κ2) is 5.27. The van der Waals surface area contributed by atoms with Crippen LogP contribution in [0, 0.1) is 0 Å². The number of hydrogen-bond acceptors (Lipinski definition) is 2. The lowest BCUT2D eigenvalue weighted by molar-refractivity contribution is -0.274. The lowest BCUT2D eigenvalue weighted by Gasteiger charge is -2.11. The van der Waals surface area contributed by atoms with E-state index in [1.807, 2.05) is 0 Å². The summed E-state index contributed by atoms with van der Waals surface area (Å²) in [5, 5.41) is -0.826. The van der Waals surface area contributed by atoms with Crippen LogP contribution in [-0.2, 0) is 0 Å². The van der Waals surface area contributed by atoms with Crippen LogP contribution in [-0.4, -0.2) is 17.5 Å². The number of carbonyl (C=O) groups is 1. The Morgan fingerprint density at radius 3 is 2.53 bits per heavy atom. The van der Waals surface area contributed by atoms with Gasteiger partial charge in [0.1, 0.15) is 5.75 Å². The number of Topliss-reactive ketones (excluding diaryl/α,β-unsaturated/α-hetero) is 1. The Labute approximate surface area is 109 Å². The van der Waals surface area contributed by atoms with Crippen LogP contribution < -0.4 is 4.74 Å². The molecule has 1 aromatic carbocycles. The van der Waals surface area contributed by atoms with E-state index in [1.165, 1.54) is 13.0 Å². The summed E-state index contributed by atoms with van der Waals surface area (Å²) in [6, 6.07) is 3.40. The van der Waals surface area contributed by atoms with Gasteiger partial charge in [-0.25, -0.2) is 0 Å². The first-order valence-electron chi connectivity index (χ1n) is 4.44. The molecule has 2 nitrogen and oxygen atoms in total. The monoisotopic (exact) mass is 330 g/mol. The third kappa shape index (κ3) is 4.20. The Morgan fingerprint density at radius 1 is 1.47 bits per heavy atom. The summed E-state index contributed by atoms with van der Waals surface area (Å²) in [7, 11) is 0. The molecule has 7 heteroatoms. The summed E-state index contributed by atoms with van der Waals surface area (Å²) in [4.78, 5) is 11.6. The highest BCUT2D eigenvalue weighted by Crippen LogP contribution is 2.28. The van der Waals surface area contributed by atoms with Crippen molar-refractivity contribution < 1.29 is 22.7 Å². The van der Waals surface area contributed by atoms with Crippen molar-refractivity contribution >= 4 is 33.3 Å². The average molecular weight is 332 g/mol. The number of rotatable bonds is 3. The minimum atomic E-state index is -4.79. The maximum absolute atomic E-state index is 12.0. The molecule has 0 bridgehead atoms. The van der Waals surface area contributed by atoms with Crippen molar-refractivity contribution in [2.75, 3.05) is 0 Å². The smallest absolute Gasteiger partial charge is 0.406 e. The van der Waals surface area contributed by atoms with E-state index in [0.29, 0.717) is 4.47 Å². The van der Waals surface area contributed by atoms with E-state index in [4.69, 9.17) is 11.6 Å². The fourth-order valence-electron chi connectivity index (χ4n) is 1.10. The number of halogens is 5. The van der Waals surface area contributed by atoms with Crippen LogP contribution in [0.15, 0.2) is 22.7 Å². The van der Waals surface area contributed by atoms with E-state index < -0.39 is 23.3 Å². The van der Waals surface area contributed by atoms with Crippen molar-refractivity contribution in [3.8, 4) is 5.75 Å². The Kier molecular flexibility index (Phi) is 4.43. The van der Waals surface area contributed by atoms with Crippen molar-refractivity contribution in [3.05, 3.63) is 28.2 Å². The third-order valence-corrected chi connectivity index (χ3v) is 2.69. The van der Waals surface area contributed by atoms with E-state index in [9.17, 15) is 18.0 Å². The quantitative estimate of drug-likeness (QED) is 0.614. The SMILES string of the molecule is CC(Cl)C(=O)c1cc(OC(F)(F)F)ccc1Br. The minimum absolute atomic E-state index is 0.0502. The molecule has 0 saturated carbocycles. The molecule has 0 aliphatic rings. The second-order valence-corrected chi connectivity index (χ2v) is 4.68. The Morgan fingerprint density at radius 2 is 2.06 bits per heavy atom. The summed E-state index contributed by atoms with van der Waals surface area (Å²) in [6.45, 7) is 1.44. The zero-order chi connectivity index (χ0) is 13.2. The van der Waals surface area contributed by atoms with Crippen LogP contribution >= 0.6 is 27.5 Å². The highest BCUT2D eigenvalue weighted by Gasteiger charge is 2.31. The first-order chi connectivity index (χ1) is 7.70. The number of ether oxygens (including phenoxy) is 1. The van der Waals surface area contributed by atoms with Crippen molar-refractivity contribution in [1.29, 1.82) is 0 Å². The van der Waals surface area contributed by atoms with E-state index in [-0.39, 0.29) is 5.56 Å². The van der Waals surface area contributed by atoms with Crippen molar-refractivity contribution in [2.45, 2.75) is 18.7 Å². The lowest BCUT2D eigenvalue weighted by Crippen LogP contribution is -2.18. The predicted molar refractivity (Wildman–Crippen MR) is 60.5 cm³/mol. The van der Waals surface area contributed by atoms with E-state index in [1.54, 1.807) is 0 Å². The molecule has 0 fully saturated rings. The van der Waals surface area contributed by atoms with Crippen LogP contribution in [0.1, 0.15) is 17.3 Å². The van der Waals surface area contributed by atoms with Crippen LogP contribution in [0.25, 0.3) is 0 Å². The molecular weight excluding hydrogens is 324 g/mol.